The highest BCUT2D eigenvalue weighted by Crippen LogP contribution is 2.22. The van der Waals surface area contributed by atoms with Crippen LogP contribution in [-0.2, 0) is 0 Å². The third-order valence-electron chi connectivity index (χ3n) is 3.00. The van der Waals surface area contributed by atoms with E-state index in [2.05, 4.69) is 11.9 Å². The van der Waals surface area contributed by atoms with E-state index in [1.807, 2.05) is 13.8 Å². The lowest BCUT2D eigenvalue weighted by atomic mass is 9.90. The molecule has 0 bridgehead atoms. The highest BCUT2D eigenvalue weighted by molar-refractivity contribution is 4.82. The molecule has 0 aromatic carbocycles. The van der Waals surface area contributed by atoms with Crippen molar-refractivity contribution in [1.82, 2.24) is 4.90 Å². The van der Waals surface area contributed by atoms with E-state index in [1.54, 1.807) is 0 Å². The van der Waals surface area contributed by atoms with Crippen LogP contribution in [0.1, 0.15) is 39.5 Å². The minimum atomic E-state index is -0.589. The van der Waals surface area contributed by atoms with Crippen molar-refractivity contribution in [1.29, 1.82) is 0 Å². The molecule has 0 aromatic heterocycles. The summed E-state index contributed by atoms with van der Waals surface area (Å²) in [6, 6.07) is 1.02. The topological polar surface area (TPSA) is 49.5 Å². The van der Waals surface area contributed by atoms with E-state index >= 15 is 0 Å². The summed E-state index contributed by atoms with van der Waals surface area (Å²) in [6.07, 6.45) is 4.60. The summed E-state index contributed by atoms with van der Waals surface area (Å²) in [4.78, 5) is 2.27. The molecular formula is C11H24N2O. The lowest BCUT2D eigenvalue weighted by Crippen LogP contribution is -2.44. The molecule has 84 valence electrons. The van der Waals surface area contributed by atoms with Gasteiger partial charge in [0.25, 0.3) is 0 Å². The first-order valence-electron chi connectivity index (χ1n) is 5.57. The van der Waals surface area contributed by atoms with Crippen LogP contribution < -0.4 is 5.73 Å². The molecule has 3 nitrogen and oxygen atoms in total. The van der Waals surface area contributed by atoms with Crippen LogP contribution in [0, 0.1) is 0 Å². The van der Waals surface area contributed by atoms with Crippen molar-refractivity contribution in [2.45, 2.75) is 57.2 Å². The maximum absolute atomic E-state index is 9.70. The largest absolute Gasteiger partial charge is 0.389 e. The summed E-state index contributed by atoms with van der Waals surface area (Å²) in [5, 5.41) is 9.70. The molecule has 0 aliphatic heterocycles. The highest BCUT2D eigenvalue weighted by Gasteiger charge is 2.25. The number of nitrogens with two attached hydrogens (primary N) is 1. The molecule has 3 heteroatoms. The van der Waals surface area contributed by atoms with Crippen LogP contribution in [0.15, 0.2) is 0 Å². The minimum absolute atomic E-state index is 0.404. The average molecular weight is 200 g/mol. The van der Waals surface area contributed by atoms with Crippen LogP contribution in [-0.4, -0.2) is 41.3 Å². The molecule has 0 heterocycles. The lowest BCUT2D eigenvalue weighted by Gasteiger charge is -2.36. The zero-order chi connectivity index (χ0) is 10.8. The van der Waals surface area contributed by atoms with E-state index in [-0.39, 0.29) is 0 Å². The van der Waals surface area contributed by atoms with Crippen LogP contribution in [0.3, 0.4) is 0 Å². The first-order valence-corrected chi connectivity index (χ1v) is 5.57. The van der Waals surface area contributed by atoms with Gasteiger partial charge in [-0.25, -0.2) is 0 Å². The van der Waals surface area contributed by atoms with Crippen LogP contribution in [0.2, 0.25) is 0 Å². The second-order valence-electron chi connectivity index (χ2n) is 5.30. The number of hydrogen-bond acceptors (Lipinski definition) is 3. The molecule has 1 rings (SSSR count). The molecule has 0 atom stereocenters. The second-order valence-corrected chi connectivity index (χ2v) is 5.30. The Morgan fingerprint density at radius 2 is 1.79 bits per heavy atom. The highest BCUT2D eigenvalue weighted by atomic mass is 16.3. The van der Waals surface area contributed by atoms with Gasteiger partial charge in [0, 0.05) is 18.6 Å². The third-order valence-corrected chi connectivity index (χ3v) is 3.00. The van der Waals surface area contributed by atoms with Gasteiger partial charge < -0.3 is 15.7 Å². The molecule has 0 amide bonds. The molecule has 3 N–H and O–H groups in total. The van der Waals surface area contributed by atoms with Crippen molar-refractivity contribution in [2.24, 2.45) is 5.73 Å². The predicted molar refractivity (Wildman–Crippen MR) is 59.2 cm³/mol. The zero-order valence-corrected chi connectivity index (χ0v) is 9.66. The van der Waals surface area contributed by atoms with Gasteiger partial charge in [0.15, 0.2) is 0 Å². The molecule has 0 spiro atoms. The molecule has 1 saturated carbocycles. The number of aliphatic hydroxyl groups is 1. The van der Waals surface area contributed by atoms with E-state index in [4.69, 9.17) is 5.73 Å². The number of nitrogens with zero attached hydrogens (tertiary/aromatic N) is 1. The molecule has 14 heavy (non-hydrogen) atoms. The van der Waals surface area contributed by atoms with Crippen LogP contribution in [0.25, 0.3) is 0 Å². The van der Waals surface area contributed by atoms with Gasteiger partial charge in [0.2, 0.25) is 0 Å². The van der Waals surface area contributed by atoms with Crippen LogP contribution in [0.5, 0.6) is 0 Å². The first kappa shape index (κ1) is 12.0. The van der Waals surface area contributed by atoms with Crippen LogP contribution >= 0.6 is 0 Å². The van der Waals surface area contributed by atoms with Gasteiger partial charge in [-0.1, -0.05) is 0 Å². The summed E-state index contributed by atoms with van der Waals surface area (Å²) in [5.41, 5.74) is 5.27. The Morgan fingerprint density at radius 3 is 2.21 bits per heavy atom. The molecule has 1 aliphatic carbocycles. The van der Waals surface area contributed by atoms with Gasteiger partial charge in [0.05, 0.1) is 5.60 Å². The number of hydrogen-bond donors (Lipinski definition) is 2. The van der Waals surface area contributed by atoms with Gasteiger partial charge in [-0.05, 0) is 46.6 Å². The van der Waals surface area contributed by atoms with Crippen molar-refractivity contribution in [3.05, 3.63) is 0 Å². The van der Waals surface area contributed by atoms with Gasteiger partial charge in [-0.15, -0.1) is 0 Å². The zero-order valence-electron chi connectivity index (χ0n) is 9.66. The Balaban J connectivity index is 2.34. The molecule has 0 radical (unpaired) electrons. The summed E-state index contributed by atoms with van der Waals surface area (Å²) >= 11 is 0. The summed E-state index contributed by atoms with van der Waals surface area (Å²) in [6.45, 7) is 4.46. The molecule has 0 aromatic rings. The molecule has 1 aliphatic rings. The van der Waals surface area contributed by atoms with Crippen LogP contribution in [0.4, 0.5) is 0 Å². The Bertz CT molecular complexity index is 169. The lowest BCUT2D eigenvalue weighted by molar-refractivity contribution is 0.0245. The maximum atomic E-state index is 9.70. The summed E-state index contributed by atoms with van der Waals surface area (Å²) < 4.78 is 0. The van der Waals surface area contributed by atoms with E-state index in [0.717, 1.165) is 19.4 Å². The molecular weight excluding hydrogens is 176 g/mol. The summed E-state index contributed by atoms with van der Waals surface area (Å²) in [7, 11) is 2.10. The molecule has 0 unspecified atom stereocenters. The second kappa shape index (κ2) is 4.60. The first-order chi connectivity index (χ1) is 6.38. The standard InChI is InChI=1S/C11H24N2O/c1-11(2,14)8-13(3)10-6-4-9(12)5-7-10/h9-10,14H,4-8,12H2,1-3H3. The van der Waals surface area contributed by atoms with E-state index in [9.17, 15) is 5.11 Å². The number of likely N-dealkylation sites (N-methyl/N-ethyl adjacent to an activating group) is 1. The quantitative estimate of drug-likeness (QED) is 0.713. The van der Waals surface area contributed by atoms with Crippen molar-refractivity contribution in [3.63, 3.8) is 0 Å². The fourth-order valence-corrected chi connectivity index (χ4v) is 2.28. The van der Waals surface area contributed by atoms with Gasteiger partial charge in [-0.3, -0.25) is 0 Å². The Morgan fingerprint density at radius 1 is 1.29 bits per heavy atom. The van der Waals surface area contributed by atoms with Crippen molar-refractivity contribution in [2.75, 3.05) is 13.6 Å². The Labute approximate surface area is 87.3 Å². The minimum Gasteiger partial charge on any atom is -0.389 e. The van der Waals surface area contributed by atoms with E-state index in [0.29, 0.717) is 12.1 Å². The number of rotatable bonds is 3. The Kier molecular flexibility index (Phi) is 3.93. The van der Waals surface area contributed by atoms with E-state index < -0.39 is 5.60 Å². The SMILES string of the molecule is CN(CC(C)(C)O)C1CCC(N)CC1. The molecule has 1 fully saturated rings. The third kappa shape index (κ3) is 3.95. The van der Waals surface area contributed by atoms with Crippen molar-refractivity contribution < 1.29 is 5.11 Å². The van der Waals surface area contributed by atoms with Gasteiger partial charge >= 0.3 is 0 Å². The normalized spacial score (nSPS) is 29.6. The fourth-order valence-electron chi connectivity index (χ4n) is 2.28. The van der Waals surface area contributed by atoms with E-state index in [1.165, 1.54) is 12.8 Å². The average Bonchev–Trinajstić information content (AvgIpc) is 2.02. The Hall–Kier alpha value is -0.120. The van der Waals surface area contributed by atoms with Gasteiger partial charge in [-0.2, -0.15) is 0 Å². The monoisotopic (exact) mass is 200 g/mol. The predicted octanol–water partition coefficient (Wildman–Crippen LogP) is 0.959. The van der Waals surface area contributed by atoms with Crippen molar-refractivity contribution >= 4 is 0 Å². The maximum Gasteiger partial charge on any atom is 0.0718 e. The smallest absolute Gasteiger partial charge is 0.0718 e. The summed E-state index contributed by atoms with van der Waals surface area (Å²) in [5.74, 6) is 0. The van der Waals surface area contributed by atoms with Crippen molar-refractivity contribution in [3.8, 4) is 0 Å². The fraction of sp³-hybridized carbons (Fsp3) is 1.00. The van der Waals surface area contributed by atoms with Gasteiger partial charge in [0.1, 0.15) is 0 Å². The molecule has 0 saturated heterocycles.